The number of anilines is 1. The minimum absolute atomic E-state index is 0.423. The van der Waals surface area contributed by atoms with E-state index in [4.69, 9.17) is 9.47 Å². The van der Waals surface area contributed by atoms with E-state index in [1.807, 2.05) is 32.0 Å². The molecule has 126 valence electrons. The number of benzene rings is 1. The summed E-state index contributed by atoms with van der Waals surface area (Å²) in [7, 11) is 1.36. The number of nitrogens with one attached hydrogen (secondary N) is 1. The Balaban J connectivity index is 2.23. The zero-order chi connectivity index (χ0) is 17.3. The van der Waals surface area contributed by atoms with Gasteiger partial charge in [-0.15, -0.1) is 0 Å². The fourth-order valence-electron chi connectivity index (χ4n) is 2.77. The number of ether oxygens (including phenoxy) is 2. The monoisotopic (exact) mass is 392 g/mol. The molecule has 1 N–H and O–H groups in total. The normalized spacial score (nSPS) is 16.4. The van der Waals surface area contributed by atoms with Crippen molar-refractivity contribution >= 4 is 27.8 Å². The highest BCUT2D eigenvalue weighted by molar-refractivity contribution is 9.10. The van der Waals surface area contributed by atoms with Crippen LogP contribution in [0, 0.1) is 0 Å². The van der Waals surface area contributed by atoms with E-state index in [0.29, 0.717) is 29.6 Å². The number of allylic oxidation sites excluding steroid dienone is 1. The molecule has 1 atom stereocenters. The molecule has 8 heteroatoms. The van der Waals surface area contributed by atoms with Gasteiger partial charge in [-0.25, -0.2) is 9.48 Å². The number of halogens is 1. The molecule has 0 amide bonds. The largest absolute Gasteiger partial charge is 0.494 e. The van der Waals surface area contributed by atoms with E-state index in [-0.39, 0.29) is 0 Å². The topological polar surface area (TPSA) is 78.3 Å². The van der Waals surface area contributed by atoms with Crippen LogP contribution in [-0.2, 0) is 9.53 Å². The number of nitrogens with zero attached hydrogens (tertiary/aromatic N) is 3. The van der Waals surface area contributed by atoms with Gasteiger partial charge in [0.2, 0.25) is 5.95 Å². The lowest BCUT2D eigenvalue weighted by atomic mass is 9.95. The van der Waals surface area contributed by atoms with Crippen LogP contribution in [-0.4, -0.2) is 34.5 Å². The van der Waals surface area contributed by atoms with Gasteiger partial charge in [0.1, 0.15) is 18.1 Å². The third-order valence-corrected chi connectivity index (χ3v) is 4.26. The Hall–Kier alpha value is -2.35. The average Bonchev–Trinajstić information content (AvgIpc) is 3.02. The van der Waals surface area contributed by atoms with Crippen molar-refractivity contribution in [2.75, 3.05) is 19.0 Å². The van der Waals surface area contributed by atoms with Gasteiger partial charge in [0.15, 0.2) is 0 Å². The molecule has 1 aliphatic heterocycles. The highest BCUT2D eigenvalue weighted by atomic mass is 79.9. The van der Waals surface area contributed by atoms with Crippen molar-refractivity contribution in [2.24, 2.45) is 0 Å². The molecule has 0 radical (unpaired) electrons. The lowest BCUT2D eigenvalue weighted by Gasteiger charge is -2.29. The fourth-order valence-corrected chi connectivity index (χ4v) is 3.15. The highest BCUT2D eigenvalue weighted by Crippen LogP contribution is 2.40. The Morgan fingerprint density at radius 1 is 1.46 bits per heavy atom. The summed E-state index contributed by atoms with van der Waals surface area (Å²) in [5.74, 6) is 0.824. The first kappa shape index (κ1) is 16.5. The molecule has 0 saturated carbocycles. The van der Waals surface area contributed by atoms with Crippen molar-refractivity contribution in [1.82, 2.24) is 14.8 Å². The molecule has 3 rings (SSSR count). The van der Waals surface area contributed by atoms with Gasteiger partial charge in [0.25, 0.3) is 0 Å². The van der Waals surface area contributed by atoms with Gasteiger partial charge < -0.3 is 14.8 Å². The average molecular weight is 393 g/mol. The maximum Gasteiger partial charge on any atom is 0.338 e. The number of rotatable bonds is 4. The third kappa shape index (κ3) is 2.77. The summed E-state index contributed by atoms with van der Waals surface area (Å²) in [6, 6.07) is 5.19. The van der Waals surface area contributed by atoms with Crippen LogP contribution in [0.2, 0.25) is 0 Å². The highest BCUT2D eigenvalue weighted by Gasteiger charge is 2.35. The summed E-state index contributed by atoms with van der Waals surface area (Å²) in [6.45, 7) is 4.24. The molecule has 1 aliphatic rings. The zero-order valence-corrected chi connectivity index (χ0v) is 15.1. The molecule has 24 heavy (non-hydrogen) atoms. The zero-order valence-electron chi connectivity index (χ0n) is 13.5. The molecular formula is C16H17BrN4O3. The number of esters is 1. The van der Waals surface area contributed by atoms with Gasteiger partial charge in [-0.3, -0.25) is 0 Å². The fraction of sp³-hybridized carbons (Fsp3) is 0.312. The van der Waals surface area contributed by atoms with E-state index < -0.39 is 12.0 Å². The molecule has 0 unspecified atom stereocenters. The maximum atomic E-state index is 12.4. The van der Waals surface area contributed by atoms with Gasteiger partial charge in [0.05, 0.1) is 19.3 Å². The first-order valence-electron chi connectivity index (χ1n) is 7.44. The van der Waals surface area contributed by atoms with E-state index in [9.17, 15) is 4.79 Å². The Bertz CT molecular complexity index is 815. The van der Waals surface area contributed by atoms with Gasteiger partial charge >= 0.3 is 5.97 Å². The molecule has 7 nitrogen and oxygen atoms in total. The summed E-state index contributed by atoms with van der Waals surface area (Å²) < 4.78 is 13.3. The number of aromatic nitrogens is 3. The van der Waals surface area contributed by atoms with E-state index >= 15 is 0 Å². The van der Waals surface area contributed by atoms with Crippen molar-refractivity contribution in [2.45, 2.75) is 19.9 Å². The molecule has 0 aliphatic carbocycles. The Morgan fingerprint density at radius 3 is 2.96 bits per heavy atom. The summed E-state index contributed by atoms with van der Waals surface area (Å²) in [5, 5.41) is 7.36. The maximum absolute atomic E-state index is 12.4. The number of fused-ring (bicyclic) bond motifs is 1. The molecule has 0 bridgehead atoms. The summed E-state index contributed by atoms with van der Waals surface area (Å²) >= 11 is 3.49. The number of methoxy groups -OCH3 is 1. The van der Waals surface area contributed by atoms with Crippen molar-refractivity contribution in [3.63, 3.8) is 0 Å². The van der Waals surface area contributed by atoms with Crippen molar-refractivity contribution < 1.29 is 14.3 Å². The predicted molar refractivity (Wildman–Crippen MR) is 91.8 cm³/mol. The quantitative estimate of drug-likeness (QED) is 0.805. The number of hydrogen-bond acceptors (Lipinski definition) is 6. The third-order valence-electron chi connectivity index (χ3n) is 3.77. The van der Waals surface area contributed by atoms with Crippen LogP contribution >= 0.6 is 15.9 Å². The van der Waals surface area contributed by atoms with Gasteiger partial charge in [-0.05, 0) is 32.0 Å². The Morgan fingerprint density at radius 2 is 2.25 bits per heavy atom. The molecule has 0 spiro atoms. The van der Waals surface area contributed by atoms with E-state index in [2.05, 4.69) is 31.3 Å². The first-order valence-corrected chi connectivity index (χ1v) is 8.24. The van der Waals surface area contributed by atoms with Crippen LogP contribution in [0.1, 0.15) is 25.5 Å². The number of carbonyl (C=O) groups excluding carboxylic acids is 1. The lowest BCUT2D eigenvalue weighted by Crippen LogP contribution is -2.29. The summed E-state index contributed by atoms with van der Waals surface area (Å²) in [4.78, 5) is 16.6. The molecule has 0 fully saturated rings. The van der Waals surface area contributed by atoms with Crippen LogP contribution < -0.4 is 10.1 Å². The molecule has 0 saturated heterocycles. The summed E-state index contributed by atoms with van der Waals surface area (Å²) in [6.07, 6.45) is 1.45. The minimum atomic E-state index is -0.491. The first-order chi connectivity index (χ1) is 11.6. The van der Waals surface area contributed by atoms with Crippen LogP contribution in [0.15, 0.2) is 40.3 Å². The van der Waals surface area contributed by atoms with Gasteiger partial charge in [-0.1, -0.05) is 15.9 Å². The standard InChI is InChI=1S/C16H17BrN4O3/c1-4-24-12-6-5-10(17)7-11(12)14-13(15(22)23-3)9(2)20-16-18-8-19-21(14)16/h5-8,14H,4H2,1-3H3,(H,18,19,20)/t14-/m0/s1. The van der Waals surface area contributed by atoms with E-state index in [1.54, 1.807) is 4.68 Å². The predicted octanol–water partition coefficient (Wildman–Crippen LogP) is 2.90. The Kier molecular flexibility index (Phi) is 4.57. The van der Waals surface area contributed by atoms with Gasteiger partial charge in [-0.2, -0.15) is 10.1 Å². The second-order valence-corrected chi connectivity index (χ2v) is 6.12. The second-order valence-electron chi connectivity index (χ2n) is 5.20. The molecule has 2 heterocycles. The number of carbonyl (C=O) groups is 1. The molecule has 1 aromatic heterocycles. The van der Waals surface area contributed by atoms with Crippen LogP contribution in [0.4, 0.5) is 5.95 Å². The van der Waals surface area contributed by atoms with Crippen molar-refractivity contribution in [3.05, 3.63) is 45.8 Å². The number of hydrogen-bond donors (Lipinski definition) is 1. The molecule has 1 aromatic carbocycles. The SMILES string of the molecule is CCOc1ccc(Br)cc1[C@H]1C(C(=O)OC)=C(C)Nc2ncnn21. The minimum Gasteiger partial charge on any atom is -0.494 e. The lowest BCUT2D eigenvalue weighted by molar-refractivity contribution is -0.136. The van der Waals surface area contributed by atoms with Crippen molar-refractivity contribution in [3.8, 4) is 5.75 Å². The van der Waals surface area contributed by atoms with Crippen LogP contribution in [0.25, 0.3) is 0 Å². The van der Waals surface area contributed by atoms with Crippen LogP contribution in [0.5, 0.6) is 5.75 Å². The molecule has 2 aromatic rings. The summed E-state index contributed by atoms with van der Waals surface area (Å²) in [5.41, 5.74) is 1.95. The smallest absolute Gasteiger partial charge is 0.338 e. The van der Waals surface area contributed by atoms with E-state index in [0.717, 1.165) is 10.0 Å². The van der Waals surface area contributed by atoms with Crippen molar-refractivity contribution in [1.29, 1.82) is 0 Å². The second kappa shape index (κ2) is 6.64. The Labute approximate surface area is 147 Å². The van der Waals surface area contributed by atoms with Gasteiger partial charge in [0, 0.05) is 15.7 Å². The van der Waals surface area contributed by atoms with Crippen LogP contribution in [0.3, 0.4) is 0 Å². The molecular weight excluding hydrogens is 376 g/mol. The van der Waals surface area contributed by atoms with E-state index in [1.165, 1.54) is 13.4 Å².